The average Bonchev–Trinajstić information content (AvgIpc) is 2.70. The van der Waals surface area contributed by atoms with E-state index in [9.17, 15) is 18.5 Å². The molecule has 20 heavy (non-hydrogen) atoms. The Hall–Kier alpha value is -1.19. The first-order chi connectivity index (χ1) is 8.97. The molecule has 0 aliphatic rings. The molecule has 1 rings (SSSR count). The Bertz CT molecular complexity index is 605. The maximum Gasteiger partial charge on any atom is 0.304 e. The van der Waals surface area contributed by atoms with Crippen LogP contribution in [0, 0.1) is 21.4 Å². The summed E-state index contributed by atoms with van der Waals surface area (Å²) in [5.41, 5.74) is 4.86. The molecule has 0 aliphatic heterocycles. The summed E-state index contributed by atoms with van der Waals surface area (Å²) in [7, 11) is -3.78. The largest absolute Gasteiger partial charge is 0.385 e. The van der Waals surface area contributed by atoms with Crippen LogP contribution in [0.3, 0.4) is 0 Å². The highest BCUT2D eigenvalue weighted by atomic mass is 32.2. The van der Waals surface area contributed by atoms with E-state index in [0.717, 1.165) is 6.07 Å². The number of nitrogens with two attached hydrogens (primary N) is 1. The fourth-order valence-corrected chi connectivity index (χ4v) is 3.69. The van der Waals surface area contributed by atoms with Crippen LogP contribution in [0.25, 0.3) is 0 Å². The van der Waals surface area contributed by atoms with E-state index in [2.05, 4.69) is 4.72 Å². The maximum atomic E-state index is 12.1. The Morgan fingerprint density at radius 3 is 2.45 bits per heavy atom. The molecule has 0 unspecified atom stereocenters. The predicted octanol–water partition coefficient (Wildman–Crippen LogP) is 2.20. The Kier molecular flexibility index (Phi) is 4.78. The molecule has 1 aromatic rings. The first-order valence-corrected chi connectivity index (χ1v) is 8.30. The van der Waals surface area contributed by atoms with Gasteiger partial charge in [0.1, 0.15) is 4.21 Å². The molecular weight excluding hydrogens is 302 g/mol. The van der Waals surface area contributed by atoms with Gasteiger partial charge in [0.25, 0.3) is 0 Å². The van der Waals surface area contributed by atoms with Gasteiger partial charge in [-0.05, 0) is 11.3 Å². The van der Waals surface area contributed by atoms with Crippen LogP contribution in [-0.2, 0) is 10.0 Å². The van der Waals surface area contributed by atoms with Gasteiger partial charge in [-0.2, -0.15) is 0 Å². The number of anilines is 1. The zero-order valence-corrected chi connectivity index (χ0v) is 13.5. The van der Waals surface area contributed by atoms with Crippen LogP contribution in [0.15, 0.2) is 10.3 Å². The van der Waals surface area contributed by atoms with Crippen molar-refractivity contribution in [2.75, 3.05) is 12.3 Å². The van der Waals surface area contributed by atoms with Gasteiger partial charge in [0, 0.05) is 12.6 Å². The zero-order chi connectivity index (χ0) is 15.7. The number of hydrogen-bond donors (Lipinski definition) is 2. The molecule has 3 N–H and O–H groups in total. The highest BCUT2D eigenvalue weighted by molar-refractivity contribution is 7.91. The normalized spacial score (nSPS) is 12.8. The first-order valence-electron chi connectivity index (χ1n) is 6.01. The van der Waals surface area contributed by atoms with E-state index in [1.54, 1.807) is 0 Å². The second-order valence-electron chi connectivity index (χ2n) is 5.54. The lowest BCUT2D eigenvalue weighted by molar-refractivity contribution is -0.383. The van der Waals surface area contributed by atoms with Gasteiger partial charge in [-0.1, -0.05) is 39.0 Å². The van der Waals surface area contributed by atoms with Crippen molar-refractivity contribution in [1.29, 1.82) is 0 Å². The van der Waals surface area contributed by atoms with E-state index >= 15 is 0 Å². The van der Waals surface area contributed by atoms with E-state index in [-0.39, 0.29) is 32.8 Å². The van der Waals surface area contributed by atoms with Crippen LogP contribution in [0.5, 0.6) is 0 Å². The predicted molar refractivity (Wildman–Crippen MR) is 79.2 cm³/mol. The van der Waals surface area contributed by atoms with Gasteiger partial charge in [-0.15, -0.1) is 0 Å². The minimum atomic E-state index is -3.78. The molecule has 0 amide bonds. The van der Waals surface area contributed by atoms with Gasteiger partial charge in [-0.25, -0.2) is 13.1 Å². The molecule has 0 atom stereocenters. The monoisotopic (exact) mass is 321 g/mol. The van der Waals surface area contributed by atoms with E-state index in [4.69, 9.17) is 5.73 Å². The Balaban J connectivity index is 2.96. The number of rotatable bonds is 6. The quantitative estimate of drug-likeness (QED) is 0.615. The van der Waals surface area contributed by atoms with Gasteiger partial charge in [0.05, 0.1) is 4.92 Å². The van der Waals surface area contributed by atoms with Crippen LogP contribution in [-0.4, -0.2) is 19.9 Å². The van der Waals surface area contributed by atoms with Crippen LogP contribution in [0.2, 0.25) is 0 Å². The Morgan fingerprint density at radius 2 is 2.05 bits per heavy atom. The summed E-state index contributed by atoms with van der Waals surface area (Å²) in [6, 6.07) is 0.991. The van der Waals surface area contributed by atoms with E-state index in [0.29, 0.717) is 11.3 Å². The molecule has 0 aliphatic carbocycles. The van der Waals surface area contributed by atoms with Gasteiger partial charge < -0.3 is 5.73 Å². The minimum absolute atomic E-state index is 0.113. The van der Waals surface area contributed by atoms with Gasteiger partial charge in [0.15, 0.2) is 5.00 Å². The van der Waals surface area contributed by atoms with Gasteiger partial charge >= 0.3 is 5.69 Å². The van der Waals surface area contributed by atoms with Crippen molar-refractivity contribution in [1.82, 2.24) is 4.72 Å². The molecule has 9 heteroatoms. The van der Waals surface area contributed by atoms with Crippen molar-refractivity contribution in [2.45, 2.75) is 31.9 Å². The topological polar surface area (TPSA) is 115 Å². The number of nitro groups is 1. The smallest absolute Gasteiger partial charge is 0.304 e. The SMILES string of the molecule is CC(C)C(C)(C)CNS(=O)(=O)c1cc([N+](=O)[O-])c(N)s1. The molecule has 7 nitrogen and oxygen atoms in total. The summed E-state index contributed by atoms with van der Waals surface area (Å²) in [6.45, 7) is 8.15. The fraction of sp³-hybridized carbons (Fsp3) is 0.636. The molecule has 114 valence electrons. The van der Waals surface area contributed by atoms with Gasteiger partial charge in [-0.3, -0.25) is 10.1 Å². The van der Waals surface area contributed by atoms with Crippen molar-refractivity contribution in [2.24, 2.45) is 11.3 Å². The van der Waals surface area contributed by atoms with Crippen LogP contribution in [0.1, 0.15) is 27.7 Å². The number of thiophene rings is 1. The Labute approximate surface area is 122 Å². The number of hydrogen-bond acceptors (Lipinski definition) is 6. The van der Waals surface area contributed by atoms with Crippen LogP contribution < -0.4 is 10.5 Å². The third-order valence-electron chi connectivity index (χ3n) is 3.46. The lowest BCUT2D eigenvalue weighted by atomic mass is 9.81. The molecule has 0 radical (unpaired) electrons. The molecule has 0 spiro atoms. The summed E-state index contributed by atoms with van der Waals surface area (Å²) < 4.78 is 26.6. The summed E-state index contributed by atoms with van der Waals surface area (Å²) in [6.07, 6.45) is 0. The minimum Gasteiger partial charge on any atom is -0.385 e. The molecule has 0 saturated heterocycles. The highest BCUT2D eigenvalue weighted by Gasteiger charge is 2.28. The maximum absolute atomic E-state index is 12.1. The number of nitrogens with zero attached hydrogens (tertiary/aromatic N) is 1. The lowest BCUT2D eigenvalue weighted by Crippen LogP contribution is -2.36. The third kappa shape index (κ3) is 3.68. The molecule has 0 bridgehead atoms. The van der Waals surface area contributed by atoms with Crippen LogP contribution >= 0.6 is 11.3 Å². The third-order valence-corrected chi connectivity index (χ3v) is 6.29. The molecule has 1 aromatic heterocycles. The van der Waals surface area contributed by atoms with E-state index in [1.165, 1.54) is 0 Å². The lowest BCUT2D eigenvalue weighted by Gasteiger charge is -2.29. The standard InChI is InChI=1S/C11H19N3O4S2/c1-7(2)11(3,4)6-13-20(17,18)9-5-8(14(15)16)10(12)19-9/h5,7,13H,6,12H2,1-4H3. The Morgan fingerprint density at radius 1 is 1.50 bits per heavy atom. The first kappa shape index (κ1) is 16.9. The molecule has 1 heterocycles. The molecular formula is C11H19N3O4S2. The van der Waals surface area contributed by atoms with Crippen molar-refractivity contribution in [3.63, 3.8) is 0 Å². The van der Waals surface area contributed by atoms with Crippen molar-refractivity contribution in [3.8, 4) is 0 Å². The highest BCUT2D eigenvalue weighted by Crippen LogP contribution is 2.34. The van der Waals surface area contributed by atoms with Crippen molar-refractivity contribution in [3.05, 3.63) is 16.2 Å². The van der Waals surface area contributed by atoms with E-state index < -0.39 is 14.9 Å². The van der Waals surface area contributed by atoms with Crippen LogP contribution in [0.4, 0.5) is 10.7 Å². The average molecular weight is 321 g/mol. The van der Waals surface area contributed by atoms with Crippen molar-refractivity contribution >= 4 is 32.0 Å². The number of nitrogens with one attached hydrogen (secondary N) is 1. The molecule has 0 fully saturated rings. The number of nitrogen functional groups attached to an aromatic ring is 1. The fourth-order valence-electron chi connectivity index (χ4n) is 1.20. The van der Waals surface area contributed by atoms with Gasteiger partial charge in [0.2, 0.25) is 10.0 Å². The zero-order valence-electron chi connectivity index (χ0n) is 11.8. The summed E-state index contributed by atoms with van der Waals surface area (Å²) >= 11 is 0.694. The summed E-state index contributed by atoms with van der Waals surface area (Å²) in [4.78, 5) is 9.99. The molecule has 0 aromatic carbocycles. The van der Waals surface area contributed by atoms with E-state index in [1.807, 2.05) is 27.7 Å². The molecule has 0 saturated carbocycles. The second-order valence-corrected chi connectivity index (χ2v) is 8.62. The summed E-state index contributed by atoms with van der Waals surface area (Å²) in [5.74, 6) is 0.285. The van der Waals surface area contributed by atoms with Crippen molar-refractivity contribution < 1.29 is 13.3 Å². The summed E-state index contributed by atoms with van der Waals surface area (Å²) in [5, 5.41) is 10.6. The second kappa shape index (κ2) is 5.66. The number of sulfonamides is 1.